The van der Waals surface area contributed by atoms with Gasteiger partial charge in [0.2, 0.25) is 0 Å². The van der Waals surface area contributed by atoms with E-state index in [9.17, 15) is 19.8 Å². The molecule has 0 amide bonds. The molecule has 0 radical (unpaired) electrons. The first-order chi connectivity index (χ1) is 12.3. The monoisotopic (exact) mass is 362 g/mol. The average Bonchev–Trinajstić information content (AvgIpc) is 2.94. The van der Waals surface area contributed by atoms with E-state index in [2.05, 4.69) is 10.2 Å². The van der Waals surface area contributed by atoms with Gasteiger partial charge in [-0.25, -0.2) is 0 Å². The molecule has 1 aliphatic carbocycles. The molecule has 0 spiro atoms. The minimum absolute atomic E-state index is 0.0454. The Morgan fingerprint density at radius 3 is 2.77 bits per heavy atom. The maximum atomic E-state index is 12.5. The number of hydrogen-bond donors (Lipinski definition) is 4. The fourth-order valence-corrected chi connectivity index (χ4v) is 3.74. The first-order valence-electron chi connectivity index (χ1n) is 8.35. The van der Waals surface area contributed by atoms with Crippen molar-refractivity contribution in [2.24, 2.45) is 5.92 Å². The molecule has 2 aromatic rings. The van der Waals surface area contributed by atoms with E-state index in [1.54, 1.807) is 26.0 Å². The zero-order valence-corrected chi connectivity index (χ0v) is 14.8. The Hall–Kier alpha value is -2.74. The van der Waals surface area contributed by atoms with Gasteiger partial charge < -0.3 is 24.8 Å². The highest BCUT2D eigenvalue weighted by molar-refractivity contribution is 5.77. The van der Waals surface area contributed by atoms with Crippen LogP contribution in [0.2, 0.25) is 0 Å². The maximum Gasteiger partial charge on any atom is 0.312 e. The molecule has 0 unspecified atom stereocenters. The van der Waals surface area contributed by atoms with Gasteiger partial charge in [-0.3, -0.25) is 14.7 Å². The largest absolute Gasteiger partial charge is 0.504 e. The van der Waals surface area contributed by atoms with Crippen molar-refractivity contribution in [1.82, 2.24) is 10.2 Å². The minimum Gasteiger partial charge on any atom is -0.504 e. The summed E-state index contributed by atoms with van der Waals surface area (Å²) in [5, 5.41) is 26.2. The molecule has 26 heavy (non-hydrogen) atoms. The predicted molar refractivity (Wildman–Crippen MR) is 92.4 cm³/mol. The first kappa shape index (κ1) is 18.1. The van der Waals surface area contributed by atoms with Crippen LogP contribution in [0.4, 0.5) is 0 Å². The Bertz CT molecular complexity index is 882. The van der Waals surface area contributed by atoms with Gasteiger partial charge in [0.1, 0.15) is 0 Å². The molecular weight excluding hydrogens is 340 g/mol. The van der Waals surface area contributed by atoms with Crippen molar-refractivity contribution in [2.45, 2.75) is 31.8 Å². The van der Waals surface area contributed by atoms with Crippen LogP contribution in [-0.4, -0.2) is 45.7 Å². The third-order valence-electron chi connectivity index (χ3n) is 4.84. The van der Waals surface area contributed by atoms with Crippen molar-refractivity contribution in [3.8, 4) is 11.5 Å². The molecule has 0 fully saturated rings. The van der Waals surface area contributed by atoms with Crippen LogP contribution in [0.5, 0.6) is 11.5 Å². The summed E-state index contributed by atoms with van der Waals surface area (Å²) < 4.78 is 10.3. The lowest BCUT2D eigenvalue weighted by Crippen LogP contribution is -2.49. The van der Waals surface area contributed by atoms with Gasteiger partial charge in [0.05, 0.1) is 25.2 Å². The van der Waals surface area contributed by atoms with Crippen LogP contribution in [0.25, 0.3) is 0 Å². The zero-order valence-electron chi connectivity index (χ0n) is 14.8. The summed E-state index contributed by atoms with van der Waals surface area (Å²) in [6.07, 6.45) is 0.105. The van der Waals surface area contributed by atoms with E-state index in [-0.39, 0.29) is 23.5 Å². The van der Waals surface area contributed by atoms with Crippen molar-refractivity contribution in [1.29, 1.82) is 0 Å². The number of aliphatic hydroxyl groups is 1. The van der Waals surface area contributed by atoms with Gasteiger partial charge in [0.25, 0.3) is 5.56 Å². The number of benzene rings is 1. The van der Waals surface area contributed by atoms with E-state index in [1.807, 2.05) is 0 Å². The molecule has 3 atom stereocenters. The maximum absolute atomic E-state index is 12.5. The number of phenols is 1. The van der Waals surface area contributed by atoms with Gasteiger partial charge in [0.15, 0.2) is 11.5 Å². The van der Waals surface area contributed by atoms with Crippen LogP contribution in [0.1, 0.15) is 36.6 Å². The van der Waals surface area contributed by atoms with Crippen LogP contribution in [0, 0.1) is 5.92 Å². The third kappa shape index (κ3) is 2.86. The minimum atomic E-state index is -1.43. The smallest absolute Gasteiger partial charge is 0.312 e. The van der Waals surface area contributed by atoms with Crippen molar-refractivity contribution in [3.63, 3.8) is 0 Å². The average molecular weight is 362 g/mol. The van der Waals surface area contributed by atoms with Gasteiger partial charge in [-0.15, -0.1) is 0 Å². The standard InChI is InChI=1S/C18H22N2O6/c1-4-26-12-7-9(5-6-11(12)21)13-14-10(19-20-16(14)22)8-18(2,24)15(13)17(23)25-3/h5-7,13,15,21,24H,4,8H2,1-3H3,(H2,19,20,22)/t13-,15+,18+/m1/s1. The van der Waals surface area contributed by atoms with Gasteiger partial charge in [-0.05, 0) is 31.5 Å². The number of H-pyrrole nitrogens is 2. The molecule has 8 nitrogen and oxygen atoms in total. The summed E-state index contributed by atoms with van der Waals surface area (Å²) in [4.78, 5) is 24.9. The molecular formula is C18H22N2O6. The Morgan fingerprint density at radius 1 is 1.38 bits per heavy atom. The number of carbonyl (C=O) groups excluding carboxylic acids is 1. The molecule has 0 bridgehead atoms. The van der Waals surface area contributed by atoms with E-state index in [1.165, 1.54) is 13.2 Å². The molecule has 3 rings (SSSR count). The number of esters is 1. The third-order valence-corrected chi connectivity index (χ3v) is 4.84. The van der Waals surface area contributed by atoms with Crippen LogP contribution >= 0.6 is 0 Å². The summed E-state index contributed by atoms with van der Waals surface area (Å²) in [5.74, 6) is -2.16. The molecule has 1 heterocycles. The number of aromatic amines is 2. The Labute approximate surface area is 149 Å². The molecule has 1 aliphatic rings. The van der Waals surface area contributed by atoms with Crippen LogP contribution < -0.4 is 10.3 Å². The van der Waals surface area contributed by atoms with E-state index >= 15 is 0 Å². The lowest BCUT2D eigenvalue weighted by molar-refractivity contribution is -0.156. The number of hydrogen-bond acceptors (Lipinski definition) is 6. The second-order valence-electron chi connectivity index (χ2n) is 6.64. The zero-order chi connectivity index (χ0) is 19.1. The number of aromatic nitrogens is 2. The van der Waals surface area contributed by atoms with Crippen LogP contribution in [0.3, 0.4) is 0 Å². The molecule has 0 saturated carbocycles. The highest BCUT2D eigenvalue weighted by atomic mass is 16.5. The van der Waals surface area contributed by atoms with E-state index in [0.29, 0.717) is 23.4 Å². The summed E-state index contributed by atoms with van der Waals surface area (Å²) in [7, 11) is 1.24. The topological polar surface area (TPSA) is 125 Å². The van der Waals surface area contributed by atoms with Crippen molar-refractivity contribution < 1.29 is 24.5 Å². The van der Waals surface area contributed by atoms with Gasteiger partial charge in [0, 0.05) is 23.6 Å². The molecule has 8 heteroatoms. The summed E-state index contributed by atoms with van der Waals surface area (Å²) in [6.45, 7) is 3.67. The number of methoxy groups -OCH3 is 1. The molecule has 140 valence electrons. The lowest BCUT2D eigenvalue weighted by Gasteiger charge is -2.40. The van der Waals surface area contributed by atoms with Gasteiger partial charge in [-0.2, -0.15) is 0 Å². The van der Waals surface area contributed by atoms with Crippen LogP contribution in [-0.2, 0) is 16.0 Å². The quantitative estimate of drug-likeness (QED) is 0.602. The van der Waals surface area contributed by atoms with Crippen molar-refractivity contribution in [2.75, 3.05) is 13.7 Å². The number of aromatic hydroxyl groups is 1. The number of ether oxygens (including phenoxy) is 2. The van der Waals surface area contributed by atoms with Gasteiger partial charge in [-0.1, -0.05) is 6.07 Å². The first-order valence-corrected chi connectivity index (χ1v) is 8.35. The number of carbonyl (C=O) groups is 1. The van der Waals surface area contributed by atoms with Gasteiger partial charge >= 0.3 is 5.97 Å². The number of rotatable bonds is 4. The number of phenolic OH excluding ortho intramolecular Hbond substituents is 1. The van der Waals surface area contributed by atoms with E-state index in [4.69, 9.17) is 9.47 Å². The van der Waals surface area contributed by atoms with Crippen molar-refractivity contribution in [3.05, 3.63) is 45.4 Å². The van der Waals surface area contributed by atoms with E-state index in [0.717, 1.165) is 0 Å². The van der Waals surface area contributed by atoms with Crippen molar-refractivity contribution >= 4 is 5.97 Å². The number of nitrogens with one attached hydrogen (secondary N) is 2. The molecule has 1 aromatic carbocycles. The second kappa shape index (κ2) is 6.53. The van der Waals surface area contributed by atoms with E-state index < -0.39 is 23.4 Å². The molecule has 0 saturated heterocycles. The summed E-state index contributed by atoms with van der Waals surface area (Å²) >= 11 is 0. The summed E-state index contributed by atoms with van der Waals surface area (Å²) in [6, 6.07) is 4.63. The molecule has 4 N–H and O–H groups in total. The molecule has 1 aromatic heterocycles. The number of fused-ring (bicyclic) bond motifs is 1. The fraction of sp³-hybridized carbons (Fsp3) is 0.444. The fourth-order valence-electron chi connectivity index (χ4n) is 3.74. The Morgan fingerprint density at radius 2 is 2.12 bits per heavy atom. The highest BCUT2D eigenvalue weighted by Gasteiger charge is 2.51. The normalized spacial score (nSPS) is 24.8. The molecule has 0 aliphatic heterocycles. The SMILES string of the molecule is CCOc1cc([C@@H]2c3c([nH][nH]c3=O)C[C@](C)(O)[C@@H]2C(=O)OC)ccc1O. The van der Waals surface area contributed by atoms with Crippen LogP contribution in [0.15, 0.2) is 23.0 Å². The Kier molecular flexibility index (Phi) is 4.53. The lowest BCUT2D eigenvalue weighted by atomic mass is 9.66. The second-order valence-corrected chi connectivity index (χ2v) is 6.64. The highest BCUT2D eigenvalue weighted by Crippen LogP contribution is 2.45. The predicted octanol–water partition coefficient (Wildman–Crippen LogP) is 1.04. The Balaban J connectivity index is 2.23. The summed E-state index contributed by atoms with van der Waals surface area (Å²) in [5.41, 5.74) is -0.316.